The number of hydrogen-bond donors (Lipinski definition) is 1. The molecule has 4 nitrogen and oxygen atoms in total. The summed E-state index contributed by atoms with van der Waals surface area (Å²) in [5.74, 6) is 0. The molecule has 1 aromatic heterocycles. The van der Waals surface area contributed by atoms with Crippen molar-refractivity contribution in [3.05, 3.63) is 24.0 Å². The van der Waals surface area contributed by atoms with E-state index in [4.69, 9.17) is 4.74 Å². The third-order valence-electron chi connectivity index (χ3n) is 2.77. The number of ether oxygens (including phenoxy) is 1. The first kappa shape index (κ1) is 14.9. The van der Waals surface area contributed by atoms with Gasteiger partial charge in [-0.3, -0.25) is 4.98 Å². The molecule has 0 saturated heterocycles. The second-order valence-corrected chi connectivity index (χ2v) is 4.81. The van der Waals surface area contributed by atoms with Crippen molar-refractivity contribution in [2.45, 2.75) is 32.9 Å². The van der Waals surface area contributed by atoms with Gasteiger partial charge in [0.2, 0.25) is 0 Å². The maximum absolute atomic E-state index is 5.07. The second-order valence-electron chi connectivity index (χ2n) is 4.81. The van der Waals surface area contributed by atoms with Crippen molar-refractivity contribution in [2.24, 2.45) is 0 Å². The van der Waals surface area contributed by atoms with Crippen molar-refractivity contribution in [2.75, 3.05) is 32.2 Å². The molecule has 1 N–H and O–H groups in total. The summed E-state index contributed by atoms with van der Waals surface area (Å²) in [6.45, 7) is 6.89. The predicted octanol–water partition coefficient (Wildman–Crippen LogP) is 2.05. The van der Waals surface area contributed by atoms with E-state index in [2.05, 4.69) is 42.2 Å². The summed E-state index contributed by atoms with van der Waals surface area (Å²) >= 11 is 0. The minimum Gasteiger partial charge on any atom is -0.385 e. The van der Waals surface area contributed by atoms with Gasteiger partial charge in [0.25, 0.3) is 0 Å². The monoisotopic (exact) mass is 251 g/mol. The topological polar surface area (TPSA) is 37.4 Å². The van der Waals surface area contributed by atoms with Gasteiger partial charge < -0.3 is 15.0 Å². The molecule has 1 heterocycles. The Balaban J connectivity index is 2.52. The maximum Gasteiger partial charge on any atom is 0.0562 e. The van der Waals surface area contributed by atoms with Crippen molar-refractivity contribution in [3.63, 3.8) is 0 Å². The molecule has 0 saturated carbocycles. The highest BCUT2D eigenvalue weighted by Gasteiger charge is 2.03. The molecule has 4 heteroatoms. The Bertz CT molecular complexity index is 342. The van der Waals surface area contributed by atoms with Crippen LogP contribution in [-0.2, 0) is 11.3 Å². The molecule has 0 radical (unpaired) electrons. The molecule has 0 spiro atoms. The van der Waals surface area contributed by atoms with Crippen LogP contribution in [0.2, 0.25) is 0 Å². The first-order valence-corrected chi connectivity index (χ1v) is 6.52. The standard InChI is InChI=1S/C14H25N3O/c1-12(2)16-11-13-10-14(6-7-15-13)17(3)8-5-9-18-4/h6-7,10,12,16H,5,8-9,11H2,1-4H3. The molecule has 0 unspecified atom stereocenters. The van der Waals surface area contributed by atoms with Crippen LogP contribution < -0.4 is 10.2 Å². The van der Waals surface area contributed by atoms with Crippen molar-refractivity contribution >= 4 is 5.69 Å². The lowest BCUT2D eigenvalue weighted by atomic mass is 10.2. The molecular weight excluding hydrogens is 226 g/mol. The van der Waals surface area contributed by atoms with Gasteiger partial charge in [-0.05, 0) is 18.6 Å². The maximum atomic E-state index is 5.07. The van der Waals surface area contributed by atoms with E-state index in [0.29, 0.717) is 6.04 Å². The number of hydrogen-bond acceptors (Lipinski definition) is 4. The zero-order chi connectivity index (χ0) is 13.4. The summed E-state index contributed by atoms with van der Waals surface area (Å²) in [7, 11) is 3.84. The average Bonchev–Trinajstić information content (AvgIpc) is 2.37. The number of pyridine rings is 1. The first-order chi connectivity index (χ1) is 8.63. The van der Waals surface area contributed by atoms with Gasteiger partial charge in [0.1, 0.15) is 0 Å². The Labute approximate surface area is 110 Å². The zero-order valence-electron chi connectivity index (χ0n) is 11.9. The molecule has 1 aromatic rings. The van der Waals surface area contributed by atoms with Crippen LogP contribution in [0.25, 0.3) is 0 Å². The fraction of sp³-hybridized carbons (Fsp3) is 0.643. The number of nitrogens with zero attached hydrogens (tertiary/aromatic N) is 2. The van der Waals surface area contributed by atoms with Gasteiger partial charge in [-0.1, -0.05) is 13.8 Å². The number of anilines is 1. The molecule has 102 valence electrons. The van der Waals surface area contributed by atoms with Crippen molar-refractivity contribution in [1.29, 1.82) is 0 Å². The fourth-order valence-corrected chi connectivity index (χ4v) is 1.68. The average molecular weight is 251 g/mol. The molecule has 18 heavy (non-hydrogen) atoms. The largest absolute Gasteiger partial charge is 0.385 e. The van der Waals surface area contributed by atoms with Crippen molar-refractivity contribution in [1.82, 2.24) is 10.3 Å². The van der Waals surface area contributed by atoms with E-state index in [0.717, 1.165) is 31.8 Å². The van der Waals surface area contributed by atoms with Gasteiger partial charge in [-0.25, -0.2) is 0 Å². The molecule has 0 amide bonds. The normalized spacial score (nSPS) is 10.9. The number of rotatable bonds is 8. The summed E-state index contributed by atoms with van der Waals surface area (Å²) < 4.78 is 5.07. The van der Waals surface area contributed by atoms with Crippen molar-refractivity contribution < 1.29 is 4.74 Å². The minimum atomic E-state index is 0.481. The Morgan fingerprint density at radius 1 is 1.44 bits per heavy atom. The molecule has 0 aliphatic heterocycles. The Morgan fingerprint density at radius 2 is 2.22 bits per heavy atom. The Morgan fingerprint density at radius 3 is 2.89 bits per heavy atom. The smallest absolute Gasteiger partial charge is 0.0562 e. The van der Waals surface area contributed by atoms with Crippen LogP contribution in [-0.4, -0.2) is 38.3 Å². The lowest BCUT2D eigenvalue weighted by Gasteiger charge is -2.19. The van der Waals surface area contributed by atoms with Crippen LogP contribution in [0.3, 0.4) is 0 Å². The van der Waals surface area contributed by atoms with Crippen LogP contribution >= 0.6 is 0 Å². The fourth-order valence-electron chi connectivity index (χ4n) is 1.68. The molecule has 0 atom stereocenters. The van der Waals surface area contributed by atoms with E-state index in [-0.39, 0.29) is 0 Å². The van der Waals surface area contributed by atoms with E-state index in [9.17, 15) is 0 Å². The molecule has 0 aromatic carbocycles. The number of nitrogens with one attached hydrogen (secondary N) is 1. The van der Waals surface area contributed by atoms with E-state index < -0.39 is 0 Å². The van der Waals surface area contributed by atoms with Gasteiger partial charge in [-0.15, -0.1) is 0 Å². The van der Waals surface area contributed by atoms with Crippen LogP contribution in [0, 0.1) is 0 Å². The zero-order valence-corrected chi connectivity index (χ0v) is 11.9. The van der Waals surface area contributed by atoms with Gasteiger partial charge >= 0.3 is 0 Å². The lowest BCUT2D eigenvalue weighted by molar-refractivity contribution is 0.196. The SMILES string of the molecule is COCCCN(C)c1ccnc(CNC(C)C)c1. The van der Waals surface area contributed by atoms with Gasteiger partial charge in [0.05, 0.1) is 5.69 Å². The van der Waals surface area contributed by atoms with E-state index in [1.807, 2.05) is 12.3 Å². The van der Waals surface area contributed by atoms with Gasteiger partial charge in [0, 0.05) is 51.8 Å². The highest BCUT2D eigenvalue weighted by atomic mass is 16.5. The molecule has 0 aliphatic rings. The second kappa shape index (κ2) is 8.06. The molecule has 0 fully saturated rings. The highest BCUT2D eigenvalue weighted by Crippen LogP contribution is 2.13. The Hall–Kier alpha value is -1.13. The lowest BCUT2D eigenvalue weighted by Crippen LogP contribution is -2.23. The quantitative estimate of drug-likeness (QED) is 0.718. The summed E-state index contributed by atoms with van der Waals surface area (Å²) in [5, 5.41) is 3.38. The summed E-state index contributed by atoms with van der Waals surface area (Å²) in [4.78, 5) is 6.61. The van der Waals surface area contributed by atoms with Gasteiger partial charge in [0.15, 0.2) is 0 Å². The molecule has 0 aliphatic carbocycles. The first-order valence-electron chi connectivity index (χ1n) is 6.52. The van der Waals surface area contributed by atoms with E-state index in [1.54, 1.807) is 7.11 Å². The van der Waals surface area contributed by atoms with Crippen LogP contribution in [0.4, 0.5) is 5.69 Å². The summed E-state index contributed by atoms with van der Waals surface area (Å²) in [6, 6.07) is 4.67. The summed E-state index contributed by atoms with van der Waals surface area (Å²) in [5.41, 5.74) is 2.29. The van der Waals surface area contributed by atoms with E-state index >= 15 is 0 Å². The number of methoxy groups -OCH3 is 1. The predicted molar refractivity (Wildman–Crippen MR) is 76.0 cm³/mol. The third kappa shape index (κ3) is 5.47. The van der Waals surface area contributed by atoms with Gasteiger partial charge in [-0.2, -0.15) is 0 Å². The van der Waals surface area contributed by atoms with Crippen LogP contribution in [0.15, 0.2) is 18.3 Å². The van der Waals surface area contributed by atoms with E-state index in [1.165, 1.54) is 5.69 Å². The number of aromatic nitrogens is 1. The third-order valence-corrected chi connectivity index (χ3v) is 2.77. The molecule has 1 rings (SSSR count). The summed E-state index contributed by atoms with van der Waals surface area (Å²) in [6.07, 6.45) is 2.91. The highest BCUT2D eigenvalue weighted by molar-refractivity contribution is 5.45. The molecular formula is C14H25N3O. The molecule has 0 bridgehead atoms. The van der Waals surface area contributed by atoms with Crippen LogP contribution in [0.1, 0.15) is 26.0 Å². The van der Waals surface area contributed by atoms with Crippen LogP contribution in [0.5, 0.6) is 0 Å². The Kier molecular flexibility index (Phi) is 6.68. The van der Waals surface area contributed by atoms with Crippen molar-refractivity contribution in [3.8, 4) is 0 Å². The minimum absolute atomic E-state index is 0.481.